The first-order valence-electron chi connectivity index (χ1n) is 15.3. The van der Waals surface area contributed by atoms with Crippen LogP contribution in [0.2, 0.25) is 18.1 Å². The van der Waals surface area contributed by atoms with E-state index in [1.807, 2.05) is 18.2 Å². The van der Waals surface area contributed by atoms with Crippen LogP contribution in [0.25, 0.3) is 0 Å². The average molecular weight is 583 g/mol. The number of hydrogen-bond donors (Lipinski definition) is 0. The zero-order chi connectivity index (χ0) is 29.9. The van der Waals surface area contributed by atoms with E-state index in [1.165, 1.54) is 5.56 Å². The van der Waals surface area contributed by atoms with Crippen molar-refractivity contribution in [2.75, 3.05) is 20.3 Å². The number of ether oxygens (including phenoxy) is 4. The monoisotopic (exact) mass is 582 g/mol. The van der Waals surface area contributed by atoms with E-state index < -0.39 is 8.32 Å². The minimum atomic E-state index is -1.96. The van der Waals surface area contributed by atoms with Crippen LogP contribution in [0.1, 0.15) is 71.4 Å². The third kappa shape index (κ3) is 10.9. The van der Waals surface area contributed by atoms with E-state index in [1.54, 1.807) is 7.11 Å². The van der Waals surface area contributed by atoms with Crippen LogP contribution in [0, 0.1) is 11.8 Å². The smallest absolute Gasteiger partial charge is 0.192 e. The molecule has 228 valence electrons. The van der Waals surface area contributed by atoms with E-state index in [0.29, 0.717) is 38.3 Å². The summed E-state index contributed by atoms with van der Waals surface area (Å²) in [5, 5.41) is 0.141. The Labute approximate surface area is 250 Å². The third-order valence-corrected chi connectivity index (χ3v) is 13.3. The van der Waals surface area contributed by atoms with Crippen molar-refractivity contribution in [3.8, 4) is 5.75 Å². The van der Waals surface area contributed by atoms with Crippen LogP contribution in [0.5, 0.6) is 5.75 Å². The number of hydrogen-bond acceptors (Lipinski definition) is 5. The molecule has 2 aromatic carbocycles. The van der Waals surface area contributed by atoms with Gasteiger partial charge in [0, 0.05) is 12.8 Å². The molecule has 0 N–H and O–H groups in total. The predicted molar refractivity (Wildman–Crippen MR) is 171 cm³/mol. The second-order valence-electron chi connectivity index (χ2n) is 13.2. The summed E-state index contributed by atoms with van der Waals surface area (Å²) >= 11 is 0. The maximum absolute atomic E-state index is 6.94. The SMILES string of the molecule is COc1ccc(COC[C@H](O[Si](C)(C)C(C)(C)C)[C@@H](C)CCC2=CC[C@H](C)[C@@H](CCOCc3ccccc3)O2)cc1. The zero-order valence-corrected chi connectivity index (χ0v) is 27.8. The Bertz CT molecular complexity index is 1040. The molecule has 1 aliphatic heterocycles. The molecule has 0 aliphatic carbocycles. The Hall–Kier alpha value is -2.12. The summed E-state index contributed by atoms with van der Waals surface area (Å²) < 4.78 is 30.9. The maximum atomic E-state index is 6.94. The Balaban J connectivity index is 1.51. The molecule has 0 unspecified atom stereocenters. The Morgan fingerprint density at radius 1 is 0.951 bits per heavy atom. The van der Waals surface area contributed by atoms with Crippen molar-refractivity contribution in [2.45, 2.75) is 104 Å². The largest absolute Gasteiger partial charge is 0.497 e. The first-order chi connectivity index (χ1) is 19.5. The molecule has 0 saturated carbocycles. The van der Waals surface area contributed by atoms with Gasteiger partial charge in [-0.05, 0) is 72.1 Å². The fourth-order valence-electron chi connectivity index (χ4n) is 4.74. The second kappa shape index (κ2) is 15.9. The molecular weight excluding hydrogens is 528 g/mol. The molecule has 0 spiro atoms. The van der Waals surface area contributed by atoms with Gasteiger partial charge in [0.2, 0.25) is 0 Å². The quantitative estimate of drug-likeness (QED) is 0.146. The van der Waals surface area contributed by atoms with Crippen molar-refractivity contribution >= 4 is 8.32 Å². The highest BCUT2D eigenvalue weighted by Gasteiger charge is 2.40. The molecule has 3 rings (SSSR count). The normalized spacial score (nSPS) is 19.3. The molecule has 0 saturated heterocycles. The van der Waals surface area contributed by atoms with E-state index >= 15 is 0 Å². The first-order valence-corrected chi connectivity index (χ1v) is 18.2. The number of rotatable bonds is 16. The highest BCUT2D eigenvalue weighted by atomic mass is 28.4. The Morgan fingerprint density at radius 3 is 2.27 bits per heavy atom. The van der Waals surface area contributed by atoms with E-state index in [2.05, 4.69) is 90.2 Å². The van der Waals surface area contributed by atoms with Crippen molar-refractivity contribution in [2.24, 2.45) is 11.8 Å². The van der Waals surface area contributed by atoms with E-state index in [-0.39, 0.29) is 17.2 Å². The van der Waals surface area contributed by atoms with Gasteiger partial charge >= 0.3 is 0 Å². The molecule has 41 heavy (non-hydrogen) atoms. The molecule has 1 aliphatic rings. The van der Waals surface area contributed by atoms with E-state index in [9.17, 15) is 0 Å². The van der Waals surface area contributed by atoms with Gasteiger partial charge in [-0.15, -0.1) is 0 Å². The molecule has 4 atom stereocenters. The lowest BCUT2D eigenvalue weighted by Crippen LogP contribution is -2.46. The van der Waals surface area contributed by atoms with Gasteiger partial charge in [0.05, 0.1) is 45.4 Å². The van der Waals surface area contributed by atoms with Crippen molar-refractivity contribution in [3.05, 3.63) is 77.6 Å². The molecule has 0 radical (unpaired) electrons. The molecule has 2 aromatic rings. The molecule has 0 fully saturated rings. The summed E-state index contributed by atoms with van der Waals surface area (Å²) in [4.78, 5) is 0. The van der Waals surface area contributed by atoms with Gasteiger partial charge in [-0.1, -0.05) is 77.1 Å². The lowest BCUT2D eigenvalue weighted by atomic mass is 9.93. The fraction of sp³-hybridized carbons (Fsp3) is 0.600. The minimum absolute atomic E-state index is 0.0411. The third-order valence-electron chi connectivity index (χ3n) is 8.76. The molecule has 1 heterocycles. The molecular formula is C35H54O5Si. The van der Waals surface area contributed by atoms with Crippen LogP contribution >= 0.6 is 0 Å². The number of methoxy groups -OCH3 is 1. The summed E-state index contributed by atoms with van der Waals surface area (Å²) in [6.07, 6.45) is 6.43. The van der Waals surface area contributed by atoms with Crippen LogP contribution in [-0.2, 0) is 31.9 Å². The lowest BCUT2D eigenvalue weighted by Gasteiger charge is -2.41. The van der Waals surface area contributed by atoms with Gasteiger partial charge in [-0.25, -0.2) is 0 Å². The fourth-order valence-corrected chi connectivity index (χ4v) is 6.15. The van der Waals surface area contributed by atoms with Gasteiger partial charge in [-0.3, -0.25) is 0 Å². The summed E-state index contributed by atoms with van der Waals surface area (Å²) in [5.41, 5.74) is 2.35. The van der Waals surface area contributed by atoms with Crippen LogP contribution in [0.3, 0.4) is 0 Å². The predicted octanol–water partition coefficient (Wildman–Crippen LogP) is 8.93. The highest BCUT2D eigenvalue weighted by molar-refractivity contribution is 6.74. The first kappa shape index (κ1) is 33.4. The van der Waals surface area contributed by atoms with Gasteiger partial charge in [-0.2, -0.15) is 0 Å². The van der Waals surface area contributed by atoms with Crippen LogP contribution in [0.15, 0.2) is 66.4 Å². The lowest BCUT2D eigenvalue weighted by molar-refractivity contribution is -0.000590. The van der Waals surface area contributed by atoms with E-state index in [0.717, 1.165) is 42.8 Å². The topological polar surface area (TPSA) is 46.2 Å². The summed E-state index contributed by atoms with van der Waals surface area (Å²) in [5.74, 6) is 2.82. The van der Waals surface area contributed by atoms with Crippen molar-refractivity contribution in [3.63, 3.8) is 0 Å². The molecule has 0 bridgehead atoms. The van der Waals surface area contributed by atoms with E-state index in [4.69, 9.17) is 23.4 Å². The summed E-state index contributed by atoms with van der Waals surface area (Å²) in [7, 11) is -0.274. The standard InChI is InChI=1S/C35H54O5Si/c1-27-14-18-32(39-33(27)22-23-37-24-29-12-10-9-11-13-29)19-15-28(2)34(40-41(7,8)35(3,4)5)26-38-25-30-16-20-31(36-6)21-17-30/h9-13,16-18,20-21,27-28,33-34H,14-15,19,22-26H2,1-8H3/t27-,28-,33+,34-/m0/s1. The Kier molecular flexibility index (Phi) is 13.0. The summed E-state index contributed by atoms with van der Waals surface area (Å²) in [6.45, 7) is 18.6. The van der Waals surface area contributed by atoms with Crippen LogP contribution < -0.4 is 4.74 Å². The van der Waals surface area contributed by atoms with Crippen molar-refractivity contribution in [1.29, 1.82) is 0 Å². The van der Waals surface area contributed by atoms with Crippen molar-refractivity contribution in [1.82, 2.24) is 0 Å². The second-order valence-corrected chi connectivity index (χ2v) is 17.9. The highest BCUT2D eigenvalue weighted by Crippen LogP contribution is 2.39. The molecule has 6 heteroatoms. The number of allylic oxidation sites excluding steroid dienone is 2. The average Bonchev–Trinajstić information content (AvgIpc) is 2.95. The zero-order valence-electron chi connectivity index (χ0n) is 26.8. The molecule has 5 nitrogen and oxygen atoms in total. The Morgan fingerprint density at radius 2 is 1.61 bits per heavy atom. The molecule has 0 aromatic heterocycles. The number of benzene rings is 2. The van der Waals surface area contributed by atoms with Gasteiger partial charge in [0.25, 0.3) is 0 Å². The van der Waals surface area contributed by atoms with Crippen molar-refractivity contribution < 1.29 is 23.4 Å². The maximum Gasteiger partial charge on any atom is 0.192 e. The van der Waals surface area contributed by atoms with Gasteiger partial charge in [0.1, 0.15) is 11.9 Å². The van der Waals surface area contributed by atoms with Gasteiger partial charge < -0.3 is 23.4 Å². The summed E-state index contributed by atoms with van der Waals surface area (Å²) in [6, 6.07) is 18.4. The minimum Gasteiger partial charge on any atom is -0.497 e. The molecule has 0 amide bonds. The van der Waals surface area contributed by atoms with Crippen LogP contribution in [0.4, 0.5) is 0 Å². The van der Waals surface area contributed by atoms with Crippen LogP contribution in [-0.4, -0.2) is 40.8 Å². The van der Waals surface area contributed by atoms with Gasteiger partial charge in [0.15, 0.2) is 8.32 Å².